The summed E-state index contributed by atoms with van der Waals surface area (Å²) >= 11 is 0. The third kappa shape index (κ3) is 6.83. The number of anilines is 1. The van der Waals surface area contributed by atoms with Crippen LogP contribution in [0.2, 0.25) is 0 Å². The molecule has 1 amide bonds. The van der Waals surface area contributed by atoms with E-state index in [0.717, 1.165) is 0 Å². The number of esters is 1. The Balaban J connectivity index is 1.68. The second-order valence-electron chi connectivity index (χ2n) is 7.11. The van der Waals surface area contributed by atoms with Gasteiger partial charge in [-0.3, -0.25) is 4.79 Å². The molecule has 0 saturated carbocycles. The molecule has 0 saturated heterocycles. The number of pyridine rings is 1. The lowest BCUT2D eigenvalue weighted by atomic mass is 10.2. The van der Waals surface area contributed by atoms with E-state index in [9.17, 15) is 9.59 Å². The Morgan fingerprint density at radius 1 is 0.939 bits per heavy atom. The van der Waals surface area contributed by atoms with Gasteiger partial charge in [0.15, 0.2) is 11.5 Å². The lowest BCUT2D eigenvalue weighted by Crippen LogP contribution is -2.28. The number of para-hydroxylation sites is 2. The molecular weight excluding hydrogens is 422 g/mol. The molecule has 1 heterocycles. The highest BCUT2D eigenvalue weighted by Crippen LogP contribution is 2.31. The fraction of sp³-hybridized carbons (Fsp3) is 0.160. The fourth-order valence-corrected chi connectivity index (χ4v) is 2.72. The number of aromatic nitrogens is 1. The second kappa shape index (κ2) is 11.3. The first-order valence-corrected chi connectivity index (χ1v) is 10.3. The van der Waals surface area contributed by atoms with E-state index in [1.54, 1.807) is 48.5 Å². The molecule has 0 spiro atoms. The zero-order valence-corrected chi connectivity index (χ0v) is 18.6. The van der Waals surface area contributed by atoms with Gasteiger partial charge in [0.1, 0.15) is 5.70 Å². The SMILES string of the molecule is COC(=O)/C(=C\Nc1ccc(Oc2ccccc2OC(C)C)nc1)NC(=O)c1ccccc1. The van der Waals surface area contributed by atoms with E-state index in [1.165, 1.54) is 19.5 Å². The predicted octanol–water partition coefficient (Wildman–Crippen LogP) is 4.52. The molecule has 8 nitrogen and oxygen atoms in total. The Labute approximate surface area is 192 Å². The van der Waals surface area contributed by atoms with Gasteiger partial charge in [-0.2, -0.15) is 0 Å². The summed E-state index contributed by atoms with van der Waals surface area (Å²) in [7, 11) is 1.24. The Hall–Kier alpha value is -4.33. The van der Waals surface area contributed by atoms with Crippen LogP contribution in [0.25, 0.3) is 0 Å². The van der Waals surface area contributed by atoms with Crippen molar-refractivity contribution in [1.29, 1.82) is 0 Å². The van der Waals surface area contributed by atoms with Crippen LogP contribution in [0.1, 0.15) is 24.2 Å². The number of hydrogen-bond acceptors (Lipinski definition) is 7. The number of ether oxygens (including phenoxy) is 3. The Kier molecular flexibility index (Phi) is 8.02. The molecule has 8 heteroatoms. The predicted molar refractivity (Wildman–Crippen MR) is 124 cm³/mol. The van der Waals surface area contributed by atoms with Gasteiger partial charge in [-0.1, -0.05) is 30.3 Å². The van der Waals surface area contributed by atoms with Crippen molar-refractivity contribution in [3.05, 3.63) is 90.4 Å². The summed E-state index contributed by atoms with van der Waals surface area (Å²) in [5.41, 5.74) is 0.938. The van der Waals surface area contributed by atoms with Crippen molar-refractivity contribution in [2.45, 2.75) is 20.0 Å². The highest BCUT2D eigenvalue weighted by Gasteiger charge is 2.15. The van der Waals surface area contributed by atoms with Crippen molar-refractivity contribution in [2.24, 2.45) is 0 Å². The van der Waals surface area contributed by atoms with Gasteiger partial charge in [-0.05, 0) is 44.2 Å². The van der Waals surface area contributed by atoms with Gasteiger partial charge in [-0.15, -0.1) is 0 Å². The van der Waals surface area contributed by atoms with E-state index >= 15 is 0 Å². The normalized spacial score (nSPS) is 11.0. The average Bonchev–Trinajstić information content (AvgIpc) is 2.83. The molecule has 0 unspecified atom stereocenters. The highest BCUT2D eigenvalue weighted by molar-refractivity contribution is 6.01. The van der Waals surface area contributed by atoms with Crippen molar-refractivity contribution in [1.82, 2.24) is 10.3 Å². The molecule has 2 N–H and O–H groups in total. The maximum Gasteiger partial charge on any atom is 0.356 e. The summed E-state index contributed by atoms with van der Waals surface area (Å²) in [6, 6.07) is 19.3. The van der Waals surface area contributed by atoms with Crippen molar-refractivity contribution in [3.8, 4) is 17.4 Å². The first kappa shape index (κ1) is 23.3. The molecule has 170 valence electrons. The summed E-state index contributed by atoms with van der Waals surface area (Å²) in [6.07, 6.45) is 2.88. The minimum absolute atomic E-state index is 0.00691. The Bertz CT molecular complexity index is 1110. The fourth-order valence-electron chi connectivity index (χ4n) is 2.72. The molecule has 0 fully saturated rings. The van der Waals surface area contributed by atoms with E-state index in [2.05, 4.69) is 15.6 Å². The van der Waals surface area contributed by atoms with Crippen LogP contribution in [0.4, 0.5) is 5.69 Å². The first-order valence-electron chi connectivity index (χ1n) is 10.3. The molecule has 3 rings (SSSR count). The lowest BCUT2D eigenvalue weighted by molar-refractivity contribution is -0.136. The summed E-state index contributed by atoms with van der Waals surface area (Å²) < 4.78 is 16.3. The van der Waals surface area contributed by atoms with E-state index in [0.29, 0.717) is 28.6 Å². The van der Waals surface area contributed by atoms with Crippen LogP contribution < -0.4 is 20.1 Å². The van der Waals surface area contributed by atoms with E-state index < -0.39 is 11.9 Å². The minimum atomic E-state index is -0.693. The van der Waals surface area contributed by atoms with Gasteiger partial charge in [0.05, 0.1) is 25.1 Å². The largest absolute Gasteiger partial charge is 0.487 e. The van der Waals surface area contributed by atoms with Crippen molar-refractivity contribution < 1.29 is 23.8 Å². The van der Waals surface area contributed by atoms with E-state index in [1.807, 2.05) is 32.0 Å². The van der Waals surface area contributed by atoms with Gasteiger partial charge in [-0.25, -0.2) is 9.78 Å². The number of nitrogens with zero attached hydrogens (tertiary/aromatic N) is 1. The van der Waals surface area contributed by atoms with Gasteiger partial charge in [0.2, 0.25) is 5.88 Å². The van der Waals surface area contributed by atoms with Gasteiger partial charge in [0, 0.05) is 17.8 Å². The molecule has 33 heavy (non-hydrogen) atoms. The Morgan fingerprint density at radius 3 is 2.27 bits per heavy atom. The number of benzene rings is 2. The number of carbonyl (C=O) groups excluding carboxylic acids is 2. The van der Waals surface area contributed by atoms with Crippen molar-refractivity contribution >= 4 is 17.6 Å². The van der Waals surface area contributed by atoms with Crippen molar-refractivity contribution in [2.75, 3.05) is 12.4 Å². The number of amides is 1. The summed E-state index contributed by atoms with van der Waals surface area (Å²) in [6.45, 7) is 3.88. The third-order valence-corrected chi connectivity index (χ3v) is 4.24. The molecule has 0 bridgehead atoms. The number of carbonyl (C=O) groups is 2. The van der Waals surface area contributed by atoms with Crippen LogP contribution in [-0.2, 0) is 9.53 Å². The number of nitrogens with one attached hydrogen (secondary N) is 2. The molecule has 0 aliphatic heterocycles. The summed E-state index contributed by atoms with van der Waals surface area (Å²) in [5, 5.41) is 5.47. The quantitative estimate of drug-likeness (QED) is 0.368. The van der Waals surface area contributed by atoms with E-state index in [4.69, 9.17) is 14.2 Å². The molecule has 0 atom stereocenters. The third-order valence-electron chi connectivity index (χ3n) is 4.24. The molecule has 0 radical (unpaired) electrons. The summed E-state index contributed by atoms with van der Waals surface area (Å²) in [4.78, 5) is 28.7. The smallest absolute Gasteiger partial charge is 0.356 e. The maximum absolute atomic E-state index is 12.4. The zero-order valence-electron chi connectivity index (χ0n) is 18.6. The zero-order chi connectivity index (χ0) is 23.6. The van der Waals surface area contributed by atoms with E-state index in [-0.39, 0.29) is 11.8 Å². The van der Waals surface area contributed by atoms with Crippen LogP contribution in [0.5, 0.6) is 17.4 Å². The Morgan fingerprint density at radius 2 is 1.64 bits per heavy atom. The van der Waals surface area contributed by atoms with Crippen LogP contribution >= 0.6 is 0 Å². The number of hydrogen-bond donors (Lipinski definition) is 2. The second-order valence-corrected chi connectivity index (χ2v) is 7.11. The first-order chi connectivity index (χ1) is 16.0. The highest BCUT2D eigenvalue weighted by atomic mass is 16.5. The van der Waals surface area contributed by atoms with Gasteiger partial charge >= 0.3 is 5.97 Å². The van der Waals surface area contributed by atoms with Gasteiger partial charge < -0.3 is 24.8 Å². The standard InChI is InChI=1S/C25H25N3O5/c1-17(2)32-21-11-7-8-12-22(21)33-23-14-13-19(15-27-23)26-16-20(25(30)31-3)28-24(29)18-9-5-4-6-10-18/h4-17,26H,1-3H3,(H,28,29)/b20-16+. The van der Waals surface area contributed by atoms with Crippen LogP contribution in [-0.4, -0.2) is 30.1 Å². The lowest BCUT2D eigenvalue weighted by Gasteiger charge is -2.14. The van der Waals surface area contributed by atoms with Crippen LogP contribution in [0, 0.1) is 0 Å². The topological polar surface area (TPSA) is 98.8 Å². The van der Waals surface area contributed by atoms with Crippen molar-refractivity contribution in [3.63, 3.8) is 0 Å². The molecule has 0 aliphatic rings. The molecule has 3 aromatic rings. The number of methoxy groups -OCH3 is 1. The molecule has 2 aromatic carbocycles. The van der Waals surface area contributed by atoms with Crippen LogP contribution in [0.15, 0.2) is 84.8 Å². The van der Waals surface area contributed by atoms with Crippen LogP contribution in [0.3, 0.4) is 0 Å². The average molecular weight is 447 g/mol. The molecule has 1 aromatic heterocycles. The minimum Gasteiger partial charge on any atom is -0.487 e. The maximum atomic E-state index is 12.4. The molecule has 0 aliphatic carbocycles. The molecular formula is C25H25N3O5. The van der Waals surface area contributed by atoms with Gasteiger partial charge in [0.25, 0.3) is 5.91 Å². The monoisotopic (exact) mass is 447 g/mol. The number of rotatable bonds is 9. The summed E-state index contributed by atoms with van der Waals surface area (Å²) in [5.74, 6) is 0.418.